The molecule has 0 aliphatic carbocycles. The smallest absolute Gasteiger partial charge is 0.387 e. The maximum Gasteiger partial charge on any atom is 0.387 e. The Bertz CT molecular complexity index is 1440. The van der Waals surface area contributed by atoms with E-state index in [2.05, 4.69) is 22.0 Å². The molecule has 194 valence electrons. The van der Waals surface area contributed by atoms with E-state index in [4.69, 9.17) is 9.72 Å². The van der Waals surface area contributed by atoms with Gasteiger partial charge < -0.3 is 4.74 Å². The average molecular weight is 526 g/mol. The Labute approximate surface area is 219 Å². The van der Waals surface area contributed by atoms with Gasteiger partial charge >= 0.3 is 6.61 Å². The number of aromatic nitrogens is 4. The number of carbonyl (C=O) groups is 1. The molecule has 2 aromatic heterocycles. The number of hydrogen-bond donors (Lipinski definition) is 0. The number of ether oxygens (including phenoxy) is 1. The van der Waals surface area contributed by atoms with Gasteiger partial charge in [0, 0.05) is 11.1 Å². The topological polar surface area (TPSA) is 73.1 Å². The second kappa shape index (κ2) is 12.5. The normalized spacial score (nSPS) is 11.6. The fraction of sp³-hybridized carbons (Fsp3) is 0.333. The van der Waals surface area contributed by atoms with Crippen molar-refractivity contribution in [2.24, 2.45) is 0 Å². The first kappa shape index (κ1) is 27.9. The molecule has 1 atom stereocenters. The lowest BCUT2D eigenvalue weighted by molar-refractivity contribution is -0.0498. The molecular formula is C27H29F2N5O2S. The molecule has 4 rings (SSSR count). The Morgan fingerprint density at radius 3 is 2.51 bits per heavy atom. The first-order valence-electron chi connectivity index (χ1n) is 11.9. The van der Waals surface area contributed by atoms with Crippen LogP contribution in [0.25, 0.3) is 16.7 Å². The summed E-state index contributed by atoms with van der Waals surface area (Å²) in [5.74, 6) is 6.57. The number of para-hydroxylation sites is 1. The summed E-state index contributed by atoms with van der Waals surface area (Å²) in [4.78, 5) is 18.8. The van der Waals surface area contributed by atoms with Crippen molar-refractivity contribution in [1.29, 1.82) is 0 Å². The molecule has 10 heteroatoms. The van der Waals surface area contributed by atoms with E-state index in [1.165, 1.54) is 23.5 Å². The Morgan fingerprint density at radius 1 is 1.16 bits per heavy atom. The van der Waals surface area contributed by atoms with Crippen LogP contribution in [0, 0.1) is 18.8 Å². The third-order valence-corrected chi connectivity index (χ3v) is 6.18. The molecule has 2 aromatic carbocycles. The van der Waals surface area contributed by atoms with Gasteiger partial charge in [-0.1, -0.05) is 44.1 Å². The highest BCUT2D eigenvalue weighted by molar-refractivity contribution is 7.11. The van der Waals surface area contributed by atoms with Gasteiger partial charge in [-0.05, 0) is 63.7 Å². The van der Waals surface area contributed by atoms with E-state index in [1.807, 2.05) is 64.9 Å². The minimum atomic E-state index is -3.05. The lowest BCUT2D eigenvalue weighted by Crippen LogP contribution is -2.23. The van der Waals surface area contributed by atoms with Crippen molar-refractivity contribution in [3.8, 4) is 23.3 Å². The predicted molar refractivity (Wildman–Crippen MR) is 142 cm³/mol. The third-order valence-electron chi connectivity index (χ3n) is 5.43. The molecule has 0 amide bonds. The van der Waals surface area contributed by atoms with Gasteiger partial charge in [-0.25, -0.2) is 4.98 Å². The molecule has 1 unspecified atom stereocenters. The standard InChI is InChI=1S/C25H23F2N5O2S.C2H6/c1-5-19(31(3)4)24-28-18-11-9-16(10-12-22-30-29-15(2)35-22)13-20(18)32(24)23-17(14-33)7-6-8-21(23)34-25(26)27;1-2/h6-9,11,13-14,19,25H,5H2,1-4H3;1-2H3. The number of nitrogens with zero attached hydrogens (tertiary/aromatic N) is 5. The lowest BCUT2D eigenvalue weighted by Gasteiger charge is -2.25. The fourth-order valence-electron chi connectivity index (χ4n) is 3.95. The largest absolute Gasteiger partial charge is 0.433 e. The van der Waals surface area contributed by atoms with Crippen molar-refractivity contribution in [3.05, 3.63) is 63.4 Å². The third kappa shape index (κ3) is 6.18. The van der Waals surface area contributed by atoms with Crippen LogP contribution in [0.1, 0.15) is 65.0 Å². The van der Waals surface area contributed by atoms with Gasteiger partial charge in [0.15, 0.2) is 17.0 Å². The summed E-state index contributed by atoms with van der Waals surface area (Å²) < 4.78 is 33.2. The monoisotopic (exact) mass is 525 g/mol. The Kier molecular flexibility index (Phi) is 9.44. The van der Waals surface area contributed by atoms with Crippen LogP contribution in [0.5, 0.6) is 5.75 Å². The average Bonchev–Trinajstić information content (AvgIpc) is 3.46. The molecule has 0 fully saturated rings. The Morgan fingerprint density at radius 2 is 1.92 bits per heavy atom. The highest BCUT2D eigenvalue weighted by Gasteiger charge is 2.26. The van der Waals surface area contributed by atoms with E-state index >= 15 is 0 Å². The van der Waals surface area contributed by atoms with E-state index in [9.17, 15) is 13.6 Å². The molecule has 0 aliphatic rings. The summed E-state index contributed by atoms with van der Waals surface area (Å²) in [6, 6.07) is 9.82. The molecular weight excluding hydrogens is 496 g/mol. The van der Waals surface area contributed by atoms with Gasteiger partial charge in [0.2, 0.25) is 0 Å². The molecule has 0 bridgehead atoms. The van der Waals surface area contributed by atoms with Crippen LogP contribution in [-0.4, -0.2) is 51.6 Å². The van der Waals surface area contributed by atoms with Crippen LogP contribution in [0.3, 0.4) is 0 Å². The molecule has 0 N–H and O–H groups in total. The van der Waals surface area contributed by atoms with Crippen LogP contribution in [0.2, 0.25) is 0 Å². The summed E-state index contributed by atoms with van der Waals surface area (Å²) in [6.07, 6.45) is 1.33. The van der Waals surface area contributed by atoms with Gasteiger partial charge in [0.25, 0.3) is 0 Å². The summed E-state index contributed by atoms with van der Waals surface area (Å²) in [6.45, 7) is 4.81. The minimum absolute atomic E-state index is 0.111. The van der Waals surface area contributed by atoms with Crippen LogP contribution in [0.4, 0.5) is 8.78 Å². The summed E-state index contributed by atoms with van der Waals surface area (Å²) in [5.41, 5.74) is 2.36. The molecule has 2 heterocycles. The predicted octanol–water partition coefficient (Wildman–Crippen LogP) is 6.04. The van der Waals surface area contributed by atoms with Gasteiger partial charge in [-0.15, -0.1) is 10.2 Å². The number of aryl methyl sites for hydroxylation is 1. The van der Waals surface area contributed by atoms with E-state index in [-0.39, 0.29) is 23.0 Å². The minimum Gasteiger partial charge on any atom is -0.433 e. The molecule has 4 aromatic rings. The van der Waals surface area contributed by atoms with Gasteiger partial charge in [-0.2, -0.15) is 8.78 Å². The second-order valence-electron chi connectivity index (χ2n) is 7.96. The van der Waals surface area contributed by atoms with Crippen LogP contribution in [0.15, 0.2) is 36.4 Å². The number of hydrogen-bond acceptors (Lipinski definition) is 7. The quantitative estimate of drug-likeness (QED) is 0.216. The van der Waals surface area contributed by atoms with E-state index in [0.717, 1.165) is 5.01 Å². The van der Waals surface area contributed by atoms with E-state index in [0.29, 0.717) is 40.1 Å². The first-order chi connectivity index (χ1) is 17.8. The van der Waals surface area contributed by atoms with Crippen molar-refractivity contribution < 1.29 is 18.3 Å². The van der Waals surface area contributed by atoms with Crippen LogP contribution in [-0.2, 0) is 0 Å². The Hall–Kier alpha value is -3.68. The lowest BCUT2D eigenvalue weighted by atomic mass is 10.1. The molecule has 0 saturated carbocycles. The van der Waals surface area contributed by atoms with Crippen molar-refractivity contribution in [3.63, 3.8) is 0 Å². The second-order valence-corrected chi connectivity index (χ2v) is 9.14. The Balaban J connectivity index is 0.00000186. The van der Waals surface area contributed by atoms with Crippen molar-refractivity contribution in [1.82, 2.24) is 24.6 Å². The number of fused-ring (bicyclic) bond motifs is 1. The van der Waals surface area contributed by atoms with E-state index in [1.54, 1.807) is 10.6 Å². The maximum absolute atomic E-state index is 13.3. The van der Waals surface area contributed by atoms with E-state index < -0.39 is 6.61 Å². The van der Waals surface area contributed by atoms with Gasteiger partial charge in [0.05, 0.1) is 17.1 Å². The van der Waals surface area contributed by atoms with Crippen molar-refractivity contribution in [2.45, 2.75) is 46.8 Å². The highest BCUT2D eigenvalue weighted by Crippen LogP contribution is 2.36. The zero-order valence-corrected chi connectivity index (χ0v) is 22.4. The molecule has 0 aliphatic heterocycles. The maximum atomic E-state index is 13.3. The highest BCUT2D eigenvalue weighted by atomic mass is 32.1. The SMILES string of the molecule is CC.CCC(c1nc2ccc(C#Cc3nnc(C)s3)cc2n1-c1c(C=O)cccc1OC(F)F)N(C)C. The van der Waals surface area contributed by atoms with Gasteiger partial charge in [0.1, 0.15) is 16.5 Å². The summed E-state index contributed by atoms with van der Waals surface area (Å²) in [7, 11) is 3.84. The van der Waals surface area contributed by atoms with Crippen molar-refractivity contribution in [2.75, 3.05) is 14.1 Å². The van der Waals surface area contributed by atoms with Crippen LogP contribution >= 0.6 is 11.3 Å². The molecule has 0 radical (unpaired) electrons. The number of rotatable bonds is 7. The summed E-state index contributed by atoms with van der Waals surface area (Å²) >= 11 is 1.39. The number of alkyl halides is 2. The number of benzene rings is 2. The molecule has 0 saturated heterocycles. The molecule has 7 nitrogen and oxygen atoms in total. The first-order valence-corrected chi connectivity index (χ1v) is 12.7. The number of halogens is 2. The number of imidazole rings is 1. The molecule has 37 heavy (non-hydrogen) atoms. The van der Waals surface area contributed by atoms with Gasteiger partial charge in [-0.3, -0.25) is 14.3 Å². The van der Waals surface area contributed by atoms with Crippen LogP contribution < -0.4 is 4.74 Å². The molecule has 0 spiro atoms. The number of aldehydes is 1. The zero-order chi connectivity index (χ0) is 27.1. The zero-order valence-electron chi connectivity index (χ0n) is 21.6. The summed E-state index contributed by atoms with van der Waals surface area (Å²) in [5, 5.41) is 9.41. The van der Waals surface area contributed by atoms with Crippen molar-refractivity contribution >= 4 is 28.7 Å². The fourth-order valence-corrected chi connectivity index (χ4v) is 4.49. The number of carbonyl (C=O) groups excluding carboxylic acids is 1.